The summed E-state index contributed by atoms with van der Waals surface area (Å²) >= 11 is 3.48. The molecule has 3 fully saturated rings. The Morgan fingerprint density at radius 3 is 2.56 bits per heavy atom. The molecule has 2 N–H and O–H groups in total. The molecule has 0 spiro atoms. The van der Waals surface area contributed by atoms with Gasteiger partial charge in [0.25, 0.3) is 0 Å². The molecule has 1 saturated heterocycles. The van der Waals surface area contributed by atoms with Crippen molar-refractivity contribution in [2.45, 2.75) is 81.3 Å². The van der Waals surface area contributed by atoms with Crippen molar-refractivity contribution in [1.29, 1.82) is 0 Å². The predicted molar refractivity (Wildman–Crippen MR) is 147 cm³/mol. The van der Waals surface area contributed by atoms with Crippen LogP contribution in [0.3, 0.4) is 0 Å². The van der Waals surface area contributed by atoms with Gasteiger partial charge in [0.1, 0.15) is 0 Å². The lowest BCUT2D eigenvalue weighted by molar-refractivity contribution is 0.0825. The summed E-state index contributed by atoms with van der Waals surface area (Å²) in [5, 5.41) is 6.30. The normalized spacial score (nSPS) is 26.8. The number of urea groups is 1. The second-order valence-corrected chi connectivity index (χ2v) is 11.5. The highest BCUT2D eigenvalue weighted by atomic mass is 79.9. The maximum atomic E-state index is 12.9. The Bertz CT molecular complexity index is 1070. The fourth-order valence-corrected chi connectivity index (χ4v) is 7.37. The fourth-order valence-electron chi connectivity index (χ4n) is 6.97. The lowest BCUT2D eigenvalue weighted by Crippen LogP contribution is -2.55. The van der Waals surface area contributed by atoms with Crippen molar-refractivity contribution in [1.82, 2.24) is 10.2 Å². The number of rotatable bonds is 6. The van der Waals surface area contributed by atoms with Gasteiger partial charge in [0.15, 0.2) is 11.5 Å². The van der Waals surface area contributed by atoms with Crippen molar-refractivity contribution in [3.8, 4) is 11.5 Å². The Morgan fingerprint density at radius 2 is 1.81 bits per heavy atom. The number of ether oxygens (including phenoxy) is 2. The number of carbonyl (C=O) groups is 1. The summed E-state index contributed by atoms with van der Waals surface area (Å²) < 4.78 is 12.2. The van der Waals surface area contributed by atoms with Crippen LogP contribution in [0.2, 0.25) is 0 Å². The molecule has 2 aromatic rings. The number of carbonyl (C=O) groups excluding carboxylic acids is 1. The van der Waals surface area contributed by atoms with Gasteiger partial charge in [-0.15, -0.1) is 0 Å². The third-order valence-corrected chi connectivity index (χ3v) is 9.21. The van der Waals surface area contributed by atoms with E-state index < -0.39 is 0 Å². The Balaban J connectivity index is 1.37. The molecule has 2 amide bonds. The number of benzene rings is 2. The lowest BCUT2D eigenvalue weighted by atomic mass is 9.64. The minimum absolute atomic E-state index is 0.0793. The van der Waals surface area contributed by atoms with Crippen LogP contribution in [0.25, 0.3) is 0 Å². The van der Waals surface area contributed by atoms with E-state index in [1.807, 2.05) is 24.3 Å². The maximum Gasteiger partial charge on any atom is 0.319 e. The molecule has 0 unspecified atom stereocenters. The molecule has 1 aliphatic heterocycles. The number of likely N-dealkylation sites (tertiary alicyclic amines) is 1. The van der Waals surface area contributed by atoms with Crippen LogP contribution in [0, 0.1) is 0 Å². The van der Waals surface area contributed by atoms with Gasteiger partial charge in [-0.25, -0.2) is 4.79 Å². The van der Waals surface area contributed by atoms with Gasteiger partial charge in [0.2, 0.25) is 0 Å². The van der Waals surface area contributed by atoms with Gasteiger partial charge in [-0.2, -0.15) is 0 Å². The predicted octanol–water partition coefficient (Wildman–Crippen LogP) is 6.49. The summed E-state index contributed by atoms with van der Waals surface area (Å²) in [5.74, 6) is 1.57. The number of hydrogen-bond acceptors (Lipinski definition) is 4. The smallest absolute Gasteiger partial charge is 0.319 e. The second-order valence-electron chi connectivity index (χ2n) is 10.6. The zero-order chi connectivity index (χ0) is 25.1. The van der Waals surface area contributed by atoms with E-state index in [9.17, 15) is 4.79 Å². The van der Waals surface area contributed by atoms with Crippen molar-refractivity contribution >= 4 is 27.6 Å². The van der Waals surface area contributed by atoms with Gasteiger partial charge >= 0.3 is 6.03 Å². The highest BCUT2D eigenvalue weighted by Crippen LogP contribution is 2.51. The number of methoxy groups -OCH3 is 2. The van der Waals surface area contributed by atoms with E-state index in [1.165, 1.54) is 37.7 Å². The van der Waals surface area contributed by atoms with Gasteiger partial charge in [0, 0.05) is 33.7 Å². The SMILES string of the molecule is COc1ccc([C@@]23CC[C@@H](NC(=O)Nc4cccc(Br)c4)C[C@@H]2N(C2CCCCC2)CC3)cc1OC. The zero-order valence-electron chi connectivity index (χ0n) is 21.4. The van der Waals surface area contributed by atoms with Crippen molar-refractivity contribution in [3.05, 3.63) is 52.5 Å². The van der Waals surface area contributed by atoms with Crippen LogP contribution < -0.4 is 20.1 Å². The number of anilines is 1. The van der Waals surface area contributed by atoms with E-state index >= 15 is 0 Å². The van der Waals surface area contributed by atoms with Crippen LogP contribution in [-0.2, 0) is 5.41 Å². The zero-order valence-corrected chi connectivity index (χ0v) is 23.0. The maximum absolute atomic E-state index is 12.9. The molecule has 3 atom stereocenters. The molecule has 2 aliphatic carbocycles. The summed E-state index contributed by atoms with van der Waals surface area (Å²) in [6.45, 7) is 1.13. The molecule has 194 valence electrons. The van der Waals surface area contributed by atoms with E-state index in [-0.39, 0.29) is 17.5 Å². The van der Waals surface area contributed by atoms with Gasteiger partial charge in [0.05, 0.1) is 14.2 Å². The summed E-state index contributed by atoms with van der Waals surface area (Å²) in [6, 6.07) is 15.3. The Labute approximate surface area is 223 Å². The molecule has 2 aromatic carbocycles. The van der Waals surface area contributed by atoms with Crippen LogP contribution in [0.5, 0.6) is 11.5 Å². The number of amides is 2. The van der Waals surface area contributed by atoms with Crippen LogP contribution >= 0.6 is 15.9 Å². The summed E-state index contributed by atoms with van der Waals surface area (Å²) in [4.78, 5) is 15.7. The molecular weight excluding hydrogens is 518 g/mol. The number of nitrogens with zero attached hydrogens (tertiary/aromatic N) is 1. The van der Waals surface area contributed by atoms with Crippen LogP contribution in [-0.4, -0.2) is 49.8 Å². The number of nitrogens with one attached hydrogen (secondary N) is 2. The summed E-state index contributed by atoms with van der Waals surface area (Å²) in [7, 11) is 3.40. The lowest BCUT2D eigenvalue weighted by Gasteiger charge is -2.47. The summed E-state index contributed by atoms with van der Waals surface area (Å²) in [6.07, 6.45) is 10.7. The highest BCUT2D eigenvalue weighted by Gasteiger charge is 2.53. The first-order valence-corrected chi connectivity index (χ1v) is 14.1. The van der Waals surface area contributed by atoms with Crippen LogP contribution in [0.4, 0.5) is 10.5 Å². The van der Waals surface area contributed by atoms with E-state index in [1.54, 1.807) is 14.2 Å². The van der Waals surface area contributed by atoms with E-state index in [2.05, 4.69) is 49.7 Å². The van der Waals surface area contributed by atoms with Gasteiger partial charge in [-0.3, -0.25) is 4.90 Å². The fraction of sp³-hybridized carbons (Fsp3) is 0.552. The molecule has 36 heavy (non-hydrogen) atoms. The first kappa shape index (κ1) is 25.4. The molecule has 0 aromatic heterocycles. The number of hydrogen-bond donors (Lipinski definition) is 2. The molecule has 5 rings (SSSR count). The second kappa shape index (κ2) is 11.0. The average molecular weight is 557 g/mol. The van der Waals surface area contributed by atoms with E-state index in [4.69, 9.17) is 9.47 Å². The molecular formula is C29H38BrN3O3. The first-order valence-electron chi connectivity index (χ1n) is 13.3. The van der Waals surface area contributed by atoms with Crippen molar-refractivity contribution in [3.63, 3.8) is 0 Å². The molecule has 2 saturated carbocycles. The standard InChI is InChI=1S/C29H38BrN3O3/c1-35-25-12-11-20(17-26(25)36-2)29-14-13-23(32-28(34)31-22-8-6-7-21(30)18-22)19-27(29)33(16-15-29)24-9-4-3-5-10-24/h6-8,11-12,17-18,23-24,27H,3-5,9-10,13-16,19H2,1-2H3,(H2,31,32,34)/t23-,27+,29+/m1/s1. The molecule has 1 heterocycles. The molecule has 7 heteroatoms. The van der Waals surface area contributed by atoms with E-state index in [0.29, 0.717) is 12.1 Å². The van der Waals surface area contributed by atoms with Gasteiger partial charge in [-0.1, -0.05) is 47.3 Å². The monoisotopic (exact) mass is 555 g/mol. The van der Waals surface area contributed by atoms with Crippen molar-refractivity contribution < 1.29 is 14.3 Å². The minimum Gasteiger partial charge on any atom is -0.493 e. The summed E-state index contributed by atoms with van der Waals surface area (Å²) in [5.41, 5.74) is 2.22. The Morgan fingerprint density at radius 1 is 1.00 bits per heavy atom. The molecule has 3 aliphatic rings. The van der Waals surface area contributed by atoms with Gasteiger partial charge in [-0.05, 0) is 81.0 Å². The van der Waals surface area contributed by atoms with Crippen molar-refractivity contribution in [2.24, 2.45) is 0 Å². The molecule has 0 bridgehead atoms. The van der Waals surface area contributed by atoms with Crippen LogP contribution in [0.1, 0.15) is 63.4 Å². The van der Waals surface area contributed by atoms with Crippen molar-refractivity contribution in [2.75, 3.05) is 26.1 Å². The minimum atomic E-state index is -0.126. The largest absolute Gasteiger partial charge is 0.493 e. The average Bonchev–Trinajstić information content (AvgIpc) is 3.28. The van der Waals surface area contributed by atoms with Gasteiger partial charge < -0.3 is 20.1 Å². The highest BCUT2D eigenvalue weighted by molar-refractivity contribution is 9.10. The number of halogens is 1. The molecule has 6 nitrogen and oxygen atoms in total. The quantitative estimate of drug-likeness (QED) is 0.427. The number of fused-ring (bicyclic) bond motifs is 1. The van der Waals surface area contributed by atoms with E-state index in [0.717, 1.165) is 53.9 Å². The molecule has 0 radical (unpaired) electrons. The third kappa shape index (κ3) is 5.10. The Hall–Kier alpha value is -2.25. The topological polar surface area (TPSA) is 62.8 Å². The van der Waals surface area contributed by atoms with Crippen LogP contribution in [0.15, 0.2) is 46.9 Å². The first-order chi connectivity index (χ1) is 17.5. The third-order valence-electron chi connectivity index (χ3n) is 8.72. The Kier molecular flexibility index (Phi) is 7.77.